The van der Waals surface area contributed by atoms with E-state index in [1.807, 2.05) is 0 Å². The second kappa shape index (κ2) is 7.98. The Morgan fingerprint density at radius 3 is 2.50 bits per heavy atom. The Hall–Kier alpha value is -2.23. The fraction of sp³-hybridized carbons (Fsp3) is 0.353. The number of rotatable bonds is 6. The molecule has 0 unspecified atom stereocenters. The average molecular weight is 382 g/mol. The lowest BCUT2D eigenvalue weighted by Crippen LogP contribution is -3.15. The van der Waals surface area contributed by atoms with Crippen molar-refractivity contribution in [2.45, 2.75) is 11.4 Å². The summed E-state index contributed by atoms with van der Waals surface area (Å²) in [4.78, 5) is 13.1. The molecule has 2 heterocycles. The van der Waals surface area contributed by atoms with E-state index in [9.17, 15) is 17.6 Å². The summed E-state index contributed by atoms with van der Waals surface area (Å²) in [6.07, 6.45) is 1.55. The highest BCUT2D eigenvalue weighted by Crippen LogP contribution is 2.15. The number of nitrogens with one attached hydrogen (secondary N) is 2. The van der Waals surface area contributed by atoms with Gasteiger partial charge >= 0.3 is 0 Å². The average Bonchev–Trinajstić information content (AvgIpc) is 3.14. The van der Waals surface area contributed by atoms with Gasteiger partial charge in [-0.05, 0) is 36.4 Å². The Morgan fingerprint density at radius 2 is 1.88 bits per heavy atom. The number of sulfonamides is 1. The first kappa shape index (κ1) is 18.6. The van der Waals surface area contributed by atoms with Crippen molar-refractivity contribution in [2.75, 3.05) is 32.7 Å². The highest BCUT2D eigenvalue weighted by atomic mass is 32.2. The number of benzene rings is 1. The molecule has 1 aromatic heterocycles. The molecule has 0 spiro atoms. The molecule has 26 heavy (non-hydrogen) atoms. The van der Waals surface area contributed by atoms with Crippen molar-refractivity contribution in [2.24, 2.45) is 0 Å². The van der Waals surface area contributed by atoms with Gasteiger partial charge in [-0.1, -0.05) is 0 Å². The summed E-state index contributed by atoms with van der Waals surface area (Å²) >= 11 is 0. The molecule has 1 fully saturated rings. The minimum absolute atomic E-state index is 0.0820. The number of carbonyl (C=O) groups excluding carboxylic acids is 1. The van der Waals surface area contributed by atoms with Crippen LogP contribution < -0.4 is 10.2 Å². The van der Waals surface area contributed by atoms with Crippen LogP contribution in [0.4, 0.5) is 4.39 Å². The van der Waals surface area contributed by atoms with E-state index in [2.05, 4.69) is 5.32 Å². The summed E-state index contributed by atoms with van der Waals surface area (Å²) in [5.74, 6) is 0.105. The topological polar surface area (TPSA) is 84.1 Å². The molecule has 2 N–H and O–H groups in total. The van der Waals surface area contributed by atoms with Gasteiger partial charge in [0.25, 0.3) is 5.91 Å². The van der Waals surface area contributed by atoms with Crippen molar-refractivity contribution in [1.29, 1.82) is 0 Å². The van der Waals surface area contributed by atoms with Crippen LogP contribution in [0.5, 0.6) is 0 Å². The predicted octanol–water partition coefficient (Wildman–Crippen LogP) is -0.376. The zero-order chi connectivity index (χ0) is 18.6. The van der Waals surface area contributed by atoms with Crippen molar-refractivity contribution in [3.05, 3.63) is 54.2 Å². The minimum Gasteiger partial charge on any atom is -0.467 e. The smallest absolute Gasteiger partial charge is 0.275 e. The van der Waals surface area contributed by atoms with Gasteiger partial charge in [-0.3, -0.25) is 4.79 Å². The van der Waals surface area contributed by atoms with Crippen LogP contribution in [0.25, 0.3) is 0 Å². The highest BCUT2D eigenvalue weighted by Gasteiger charge is 2.31. The Bertz CT molecular complexity index is 829. The van der Waals surface area contributed by atoms with E-state index in [4.69, 9.17) is 4.42 Å². The summed E-state index contributed by atoms with van der Waals surface area (Å²) in [6, 6.07) is 8.35. The van der Waals surface area contributed by atoms with Crippen LogP contribution >= 0.6 is 0 Å². The van der Waals surface area contributed by atoms with E-state index >= 15 is 0 Å². The number of piperazine rings is 1. The lowest BCUT2D eigenvalue weighted by Gasteiger charge is -2.31. The summed E-state index contributed by atoms with van der Waals surface area (Å²) in [7, 11) is -3.63. The number of furan rings is 1. The zero-order valence-corrected chi connectivity index (χ0v) is 15.0. The normalized spacial score (nSPS) is 16.5. The lowest BCUT2D eigenvalue weighted by atomic mass is 10.3. The van der Waals surface area contributed by atoms with Gasteiger partial charge in [-0.2, -0.15) is 4.31 Å². The highest BCUT2D eigenvalue weighted by molar-refractivity contribution is 7.89. The molecule has 0 saturated carbocycles. The molecule has 1 aliphatic rings. The summed E-state index contributed by atoms with van der Waals surface area (Å²) in [5, 5.41) is 2.78. The van der Waals surface area contributed by atoms with Crippen LogP contribution in [0.2, 0.25) is 0 Å². The van der Waals surface area contributed by atoms with Crippen molar-refractivity contribution in [3.8, 4) is 0 Å². The van der Waals surface area contributed by atoms with E-state index in [1.54, 1.807) is 18.4 Å². The molecule has 7 nitrogen and oxygen atoms in total. The Kier molecular flexibility index (Phi) is 5.70. The molecular formula is C17H21FN3O4S+. The molecular weight excluding hydrogens is 361 g/mol. The third kappa shape index (κ3) is 4.48. The van der Waals surface area contributed by atoms with Crippen LogP contribution in [0.3, 0.4) is 0 Å². The first-order valence-corrected chi connectivity index (χ1v) is 9.77. The van der Waals surface area contributed by atoms with Gasteiger partial charge in [0.05, 0.1) is 43.9 Å². The SMILES string of the molecule is O=C(C[NH+]1CCN(S(=O)(=O)c2ccc(F)cc2)CC1)NCc1ccco1. The first-order chi connectivity index (χ1) is 12.4. The monoisotopic (exact) mass is 382 g/mol. The van der Waals surface area contributed by atoms with Gasteiger partial charge in [0.1, 0.15) is 11.6 Å². The molecule has 1 amide bonds. The standard InChI is InChI=1S/C17H20FN3O4S/c18-14-3-5-16(6-4-14)26(23,24)21-9-7-20(8-10-21)13-17(22)19-12-15-2-1-11-25-15/h1-6,11H,7-10,12-13H2,(H,19,22)/p+1. The van der Waals surface area contributed by atoms with Crippen LogP contribution in [-0.4, -0.2) is 51.4 Å². The largest absolute Gasteiger partial charge is 0.467 e. The van der Waals surface area contributed by atoms with Gasteiger partial charge in [0, 0.05) is 0 Å². The summed E-state index contributed by atoms with van der Waals surface area (Å²) in [5.41, 5.74) is 0. The quantitative estimate of drug-likeness (QED) is 0.714. The molecule has 0 atom stereocenters. The number of carbonyl (C=O) groups is 1. The predicted molar refractivity (Wildman–Crippen MR) is 91.3 cm³/mol. The van der Waals surface area contributed by atoms with Crippen LogP contribution in [0, 0.1) is 5.82 Å². The minimum atomic E-state index is -3.63. The van der Waals surface area contributed by atoms with E-state index in [0.29, 0.717) is 38.5 Å². The van der Waals surface area contributed by atoms with E-state index in [1.165, 1.54) is 16.4 Å². The van der Waals surface area contributed by atoms with Crippen LogP contribution in [0.1, 0.15) is 5.76 Å². The molecule has 1 aromatic carbocycles. The number of halogens is 1. The van der Waals surface area contributed by atoms with Crippen molar-refractivity contribution < 1.29 is 26.9 Å². The Morgan fingerprint density at radius 1 is 1.19 bits per heavy atom. The van der Waals surface area contributed by atoms with Crippen molar-refractivity contribution in [3.63, 3.8) is 0 Å². The maximum absolute atomic E-state index is 13.0. The second-order valence-corrected chi connectivity index (χ2v) is 8.08. The molecule has 3 rings (SSSR count). The lowest BCUT2D eigenvalue weighted by molar-refractivity contribution is -0.895. The van der Waals surface area contributed by atoms with Crippen LogP contribution in [-0.2, 0) is 21.4 Å². The number of amides is 1. The molecule has 0 aliphatic carbocycles. The van der Waals surface area contributed by atoms with Crippen LogP contribution in [0.15, 0.2) is 52.0 Å². The van der Waals surface area contributed by atoms with E-state index in [0.717, 1.165) is 17.0 Å². The van der Waals surface area contributed by atoms with Gasteiger partial charge in [-0.25, -0.2) is 12.8 Å². The maximum atomic E-state index is 13.0. The third-order valence-electron chi connectivity index (χ3n) is 4.33. The van der Waals surface area contributed by atoms with E-state index < -0.39 is 15.8 Å². The Labute approximate surface area is 151 Å². The number of hydrogen-bond donors (Lipinski definition) is 2. The molecule has 1 aliphatic heterocycles. The molecule has 1 saturated heterocycles. The molecule has 2 aromatic rings. The van der Waals surface area contributed by atoms with Gasteiger partial charge in [0.2, 0.25) is 10.0 Å². The maximum Gasteiger partial charge on any atom is 0.275 e. The Balaban J connectivity index is 1.49. The first-order valence-electron chi connectivity index (χ1n) is 8.33. The molecule has 0 radical (unpaired) electrons. The number of hydrogen-bond acceptors (Lipinski definition) is 4. The van der Waals surface area contributed by atoms with Gasteiger partial charge in [-0.15, -0.1) is 0 Å². The molecule has 9 heteroatoms. The second-order valence-electron chi connectivity index (χ2n) is 6.14. The number of nitrogens with zero attached hydrogens (tertiary/aromatic N) is 1. The van der Waals surface area contributed by atoms with Crippen molar-refractivity contribution >= 4 is 15.9 Å². The summed E-state index contributed by atoms with van der Waals surface area (Å²) in [6.45, 7) is 2.33. The third-order valence-corrected chi connectivity index (χ3v) is 6.24. The molecule has 0 bridgehead atoms. The zero-order valence-electron chi connectivity index (χ0n) is 14.2. The van der Waals surface area contributed by atoms with Gasteiger partial charge < -0.3 is 14.6 Å². The summed E-state index contributed by atoms with van der Waals surface area (Å²) < 4.78 is 44.7. The molecule has 140 valence electrons. The fourth-order valence-corrected chi connectivity index (χ4v) is 4.31. The number of quaternary nitrogens is 1. The fourth-order valence-electron chi connectivity index (χ4n) is 2.86. The van der Waals surface area contributed by atoms with Crippen molar-refractivity contribution in [1.82, 2.24) is 9.62 Å². The van der Waals surface area contributed by atoms with E-state index in [-0.39, 0.29) is 17.3 Å². The van der Waals surface area contributed by atoms with Gasteiger partial charge in [0.15, 0.2) is 6.54 Å².